The molecule has 0 amide bonds. The molecular weight excluding hydrogens is 438 g/mol. The van der Waals surface area contributed by atoms with Crippen molar-refractivity contribution in [1.82, 2.24) is 19.5 Å². The second-order valence-electron chi connectivity index (χ2n) is 7.27. The van der Waals surface area contributed by atoms with Crippen LogP contribution in [0.2, 0.25) is 0 Å². The van der Waals surface area contributed by atoms with Gasteiger partial charge in [0, 0.05) is 35.7 Å². The molecule has 3 heterocycles. The summed E-state index contributed by atoms with van der Waals surface area (Å²) in [4.78, 5) is 13.1. The number of benzene rings is 2. The normalized spacial score (nSPS) is 11.4. The summed E-state index contributed by atoms with van der Waals surface area (Å²) >= 11 is 0. The van der Waals surface area contributed by atoms with E-state index in [1.54, 1.807) is 55.6 Å². The number of aromatic nitrogens is 4. The number of hydrogen-bond acceptors (Lipinski definition) is 6. The standard InChI is InChI=1S/C24H19N5O3S/c1-17-26-22(29-14-2-3-15-29)16-23(27-17)32-20-11-9-19(10-12-20)28-33(30,31)21-8-4-6-18-7-5-13-25-24(18)21/h2-16,28H,1H3. The van der Waals surface area contributed by atoms with Crippen LogP contribution in [0, 0.1) is 6.92 Å². The number of nitrogens with zero attached hydrogens (tertiary/aromatic N) is 4. The van der Waals surface area contributed by atoms with E-state index in [2.05, 4.69) is 19.7 Å². The van der Waals surface area contributed by atoms with Crippen molar-refractivity contribution < 1.29 is 13.2 Å². The number of fused-ring (bicyclic) bond motifs is 1. The average molecular weight is 458 g/mol. The fourth-order valence-corrected chi connectivity index (χ4v) is 4.65. The highest BCUT2D eigenvalue weighted by Crippen LogP contribution is 2.26. The van der Waals surface area contributed by atoms with Crippen LogP contribution in [0.15, 0.2) is 96.3 Å². The zero-order chi connectivity index (χ0) is 22.8. The topological polar surface area (TPSA) is 99.0 Å². The van der Waals surface area contributed by atoms with Gasteiger partial charge < -0.3 is 9.30 Å². The maximum atomic E-state index is 13.0. The average Bonchev–Trinajstić information content (AvgIpc) is 3.35. The molecule has 0 bridgehead atoms. The molecular formula is C24H19N5O3S. The lowest BCUT2D eigenvalue weighted by Gasteiger charge is -2.11. The number of para-hydroxylation sites is 1. The molecule has 0 radical (unpaired) electrons. The number of anilines is 1. The van der Waals surface area contributed by atoms with Crippen LogP contribution in [0.1, 0.15) is 5.82 Å². The van der Waals surface area contributed by atoms with Gasteiger partial charge in [0.15, 0.2) is 0 Å². The lowest BCUT2D eigenvalue weighted by molar-refractivity contribution is 0.459. The lowest BCUT2D eigenvalue weighted by atomic mass is 10.2. The van der Waals surface area contributed by atoms with Crippen LogP contribution in [0.4, 0.5) is 5.69 Å². The monoisotopic (exact) mass is 457 g/mol. The van der Waals surface area contributed by atoms with Gasteiger partial charge in [-0.2, -0.15) is 4.98 Å². The summed E-state index contributed by atoms with van der Waals surface area (Å²) in [6.45, 7) is 1.79. The quantitative estimate of drug-likeness (QED) is 0.396. The van der Waals surface area contributed by atoms with E-state index in [0.717, 1.165) is 5.39 Å². The Morgan fingerprint density at radius 2 is 1.67 bits per heavy atom. The zero-order valence-electron chi connectivity index (χ0n) is 17.6. The van der Waals surface area contributed by atoms with E-state index in [1.807, 2.05) is 41.2 Å². The number of sulfonamides is 1. The van der Waals surface area contributed by atoms with E-state index < -0.39 is 10.0 Å². The summed E-state index contributed by atoms with van der Waals surface area (Å²) in [6, 6.07) is 20.8. The Hall–Kier alpha value is -4.24. The van der Waals surface area contributed by atoms with Crippen LogP contribution in [0.5, 0.6) is 11.6 Å². The molecule has 8 nitrogen and oxygen atoms in total. The van der Waals surface area contributed by atoms with E-state index in [4.69, 9.17) is 4.74 Å². The van der Waals surface area contributed by atoms with Crippen LogP contribution >= 0.6 is 0 Å². The fourth-order valence-electron chi connectivity index (χ4n) is 3.41. The van der Waals surface area contributed by atoms with E-state index in [9.17, 15) is 8.42 Å². The van der Waals surface area contributed by atoms with Crippen molar-refractivity contribution in [3.05, 3.63) is 97.2 Å². The van der Waals surface area contributed by atoms with Crippen molar-refractivity contribution in [2.45, 2.75) is 11.8 Å². The van der Waals surface area contributed by atoms with Crippen LogP contribution in [-0.2, 0) is 10.0 Å². The molecule has 33 heavy (non-hydrogen) atoms. The van der Waals surface area contributed by atoms with E-state index >= 15 is 0 Å². The molecule has 0 fully saturated rings. The number of aryl methyl sites for hydroxylation is 1. The van der Waals surface area contributed by atoms with Gasteiger partial charge in [-0.05, 0) is 55.5 Å². The fraction of sp³-hybridized carbons (Fsp3) is 0.0417. The molecule has 0 aliphatic rings. The predicted molar refractivity (Wildman–Crippen MR) is 125 cm³/mol. The van der Waals surface area contributed by atoms with Crippen LogP contribution in [0.25, 0.3) is 16.7 Å². The van der Waals surface area contributed by atoms with Gasteiger partial charge in [0.05, 0.1) is 5.52 Å². The van der Waals surface area contributed by atoms with E-state index in [0.29, 0.717) is 34.5 Å². The molecule has 0 spiro atoms. The molecule has 9 heteroatoms. The molecule has 3 aromatic heterocycles. The van der Waals surface area contributed by atoms with Crippen molar-refractivity contribution >= 4 is 26.6 Å². The largest absolute Gasteiger partial charge is 0.439 e. The summed E-state index contributed by atoms with van der Waals surface area (Å²) in [5, 5.41) is 0.753. The van der Waals surface area contributed by atoms with Crippen molar-refractivity contribution in [3.63, 3.8) is 0 Å². The molecule has 0 saturated heterocycles. The summed E-state index contributed by atoms with van der Waals surface area (Å²) in [6.07, 6.45) is 5.35. The number of nitrogens with one attached hydrogen (secondary N) is 1. The number of ether oxygens (including phenoxy) is 1. The molecule has 0 saturated carbocycles. The third kappa shape index (κ3) is 4.39. The molecule has 5 rings (SSSR count). The first-order valence-electron chi connectivity index (χ1n) is 10.1. The highest BCUT2D eigenvalue weighted by Gasteiger charge is 2.18. The van der Waals surface area contributed by atoms with Gasteiger partial charge in [-0.25, -0.2) is 13.4 Å². The van der Waals surface area contributed by atoms with Crippen molar-refractivity contribution in [2.75, 3.05) is 4.72 Å². The lowest BCUT2D eigenvalue weighted by Crippen LogP contribution is -2.13. The van der Waals surface area contributed by atoms with Gasteiger partial charge in [-0.15, -0.1) is 0 Å². The van der Waals surface area contributed by atoms with Gasteiger partial charge in [-0.3, -0.25) is 9.71 Å². The highest BCUT2D eigenvalue weighted by molar-refractivity contribution is 7.93. The Morgan fingerprint density at radius 1 is 0.909 bits per heavy atom. The smallest absolute Gasteiger partial charge is 0.264 e. The van der Waals surface area contributed by atoms with Crippen molar-refractivity contribution in [1.29, 1.82) is 0 Å². The zero-order valence-corrected chi connectivity index (χ0v) is 18.4. The third-order valence-electron chi connectivity index (χ3n) is 4.88. The van der Waals surface area contributed by atoms with Crippen LogP contribution in [0.3, 0.4) is 0 Å². The second-order valence-corrected chi connectivity index (χ2v) is 8.92. The summed E-state index contributed by atoms with van der Waals surface area (Å²) in [7, 11) is -3.82. The third-order valence-corrected chi connectivity index (χ3v) is 6.30. The molecule has 5 aromatic rings. The van der Waals surface area contributed by atoms with Gasteiger partial charge in [0.2, 0.25) is 5.88 Å². The molecule has 2 aromatic carbocycles. The Bertz CT molecular complexity index is 1530. The second kappa shape index (κ2) is 8.36. The molecule has 1 N–H and O–H groups in total. The van der Waals surface area contributed by atoms with Crippen LogP contribution in [-0.4, -0.2) is 27.9 Å². The first-order valence-corrected chi connectivity index (χ1v) is 11.6. The Labute approximate surface area is 190 Å². The Balaban J connectivity index is 1.36. The first kappa shape index (κ1) is 20.7. The maximum absolute atomic E-state index is 13.0. The number of hydrogen-bond donors (Lipinski definition) is 1. The molecule has 164 valence electrons. The van der Waals surface area contributed by atoms with Gasteiger partial charge in [0.1, 0.15) is 22.3 Å². The highest BCUT2D eigenvalue weighted by atomic mass is 32.2. The maximum Gasteiger partial charge on any atom is 0.264 e. The summed E-state index contributed by atoms with van der Waals surface area (Å²) < 4.78 is 36.3. The molecule has 0 unspecified atom stereocenters. The SMILES string of the molecule is Cc1nc(Oc2ccc(NS(=O)(=O)c3cccc4cccnc34)cc2)cc(-n2cccc2)n1. The van der Waals surface area contributed by atoms with E-state index in [-0.39, 0.29) is 4.90 Å². The summed E-state index contributed by atoms with van der Waals surface area (Å²) in [5.41, 5.74) is 0.826. The van der Waals surface area contributed by atoms with Gasteiger partial charge in [0.25, 0.3) is 10.0 Å². The van der Waals surface area contributed by atoms with Crippen molar-refractivity contribution in [3.8, 4) is 17.4 Å². The van der Waals surface area contributed by atoms with Gasteiger partial charge in [-0.1, -0.05) is 18.2 Å². The Kier molecular flexibility index (Phi) is 5.23. The minimum absolute atomic E-state index is 0.120. The van der Waals surface area contributed by atoms with Gasteiger partial charge >= 0.3 is 0 Å². The predicted octanol–water partition coefficient (Wildman–Crippen LogP) is 4.72. The summed E-state index contributed by atoms with van der Waals surface area (Å²) in [5.74, 6) is 2.17. The van der Waals surface area contributed by atoms with Crippen molar-refractivity contribution in [2.24, 2.45) is 0 Å². The molecule has 0 aliphatic heterocycles. The number of pyridine rings is 1. The number of rotatable bonds is 6. The van der Waals surface area contributed by atoms with Crippen LogP contribution < -0.4 is 9.46 Å². The Morgan fingerprint density at radius 3 is 2.45 bits per heavy atom. The minimum atomic E-state index is -3.82. The molecule has 0 aliphatic carbocycles. The first-order chi connectivity index (χ1) is 16.0. The van der Waals surface area contributed by atoms with E-state index in [1.165, 1.54) is 6.07 Å². The minimum Gasteiger partial charge on any atom is -0.439 e. The molecule has 0 atom stereocenters.